The van der Waals surface area contributed by atoms with Crippen molar-refractivity contribution in [2.75, 3.05) is 6.61 Å². The van der Waals surface area contributed by atoms with Crippen LogP contribution in [0.5, 0.6) is 5.75 Å². The van der Waals surface area contributed by atoms with Gasteiger partial charge in [-0.05, 0) is 48.4 Å². The largest absolute Gasteiger partial charge is 0.494 e. The Hall–Kier alpha value is -2.86. The van der Waals surface area contributed by atoms with E-state index >= 15 is 0 Å². The van der Waals surface area contributed by atoms with Gasteiger partial charge in [0.15, 0.2) is 0 Å². The molecule has 4 nitrogen and oxygen atoms in total. The molecule has 2 aromatic carbocycles. The summed E-state index contributed by atoms with van der Waals surface area (Å²) >= 11 is 1.51. The number of halogens is 1. The van der Waals surface area contributed by atoms with Crippen molar-refractivity contribution in [1.82, 2.24) is 14.6 Å². The Morgan fingerprint density at radius 2 is 1.93 bits per heavy atom. The highest BCUT2D eigenvalue weighted by Crippen LogP contribution is 2.29. The van der Waals surface area contributed by atoms with E-state index in [-0.39, 0.29) is 5.82 Å². The van der Waals surface area contributed by atoms with Gasteiger partial charge < -0.3 is 4.74 Å². The van der Waals surface area contributed by atoms with Crippen molar-refractivity contribution in [2.45, 2.75) is 30.5 Å². The first-order valence-electron chi connectivity index (χ1n) is 9.68. The molecule has 0 spiro atoms. The first-order valence-corrected chi connectivity index (χ1v) is 10.7. The molecule has 0 radical (unpaired) electrons. The molecular formula is C23H22FN3OS. The first-order chi connectivity index (χ1) is 14.2. The maximum Gasteiger partial charge on any atom is 0.127 e. The molecule has 0 N–H and O–H groups in total. The van der Waals surface area contributed by atoms with Crippen molar-refractivity contribution in [2.24, 2.45) is 0 Å². The maximum absolute atomic E-state index is 13.9. The second-order valence-electron chi connectivity index (χ2n) is 6.70. The summed E-state index contributed by atoms with van der Waals surface area (Å²) in [5.41, 5.74) is 3.46. The van der Waals surface area contributed by atoms with E-state index in [1.54, 1.807) is 18.3 Å². The molecule has 0 aliphatic rings. The molecule has 6 heteroatoms. The fourth-order valence-electron chi connectivity index (χ4n) is 2.97. The van der Waals surface area contributed by atoms with Gasteiger partial charge in [0.25, 0.3) is 0 Å². The number of fused-ring (bicyclic) bond motifs is 1. The number of thioether (sulfide) groups is 1. The molecule has 0 saturated heterocycles. The number of aromatic nitrogens is 3. The Labute approximate surface area is 173 Å². The average Bonchev–Trinajstić information content (AvgIpc) is 3.19. The Balaban J connectivity index is 1.53. The standard InChI is InChI=1S/C23H22FN3OS/c1-2-3-14-28-19-10-8-17(9-11-19)21-15-22-23(25-12-13-27(22)26-21)29-16-18-6-4-5-7-20(18)24/h4-13,15H,2-3,14,16H2,1H3. The quantitative estimate of drug-likeness (QED) is 0.265. The van der Waals surface area contributed by atoms with Gasteiger partial charge in [-0.1, -0.05) is 43.3 Å². The third kappa shape index (κ3) is 4.59. The zero-order valence-electron chi connectivity index (χ0n) is 16.2. The molecule has 2 heterocycles. The Kier molecular flexibility index (Phi) is 6.10. The van der Waals surface area contributed by atoms with Crippen LogP contribution in [0.15, 0.2) is 72.0 Å². The normalized spacial score (nSPS) is 11.1. The molecular weight excluding hydrogens is 385 g/mol. The van der Waals surface area contributed by atoms with Gasteiger partial charge in [0.1, 0.15) is 16.6 Å². The van der Waals surface area contributed by atoms with Crippen molar-refractivity contribution in [3.05, 3.63) is 78.4 Å². The Morgan fingerprint density at radius 1 is 1.10 bits per heavy atom. The smallest absolute Gasteiger partial charge is 0.127 e. The lowest BCUT2D eigenvalue weighted by Gasteiger charge is -2.05. The summed E-state index contributed by atoms with van der Waals surface area (Å²) in [5.74, 6) is 1.19. The van der Waals surface area contributed by atoms with Crippen molar-refractivity contribution in [1.29, 1.82) is 0 Å². The molecule has 0 fully saturated rings. The van der Waals surface area contributed by atoms with Crippen molar-refractivity contribution >= 4 is 17.3 Å². The van der Waals surface area contributed by atoms with Crippen LogP contribution in [-0.4, -0.2) is 21.2 Å². The van der Waals surface area contributed by atoms with E-state index in [0.717, 1.165) is 47.0 Å². The molecule has 2 aromatic heterocycles. The van der Waals surface area contributed by atoms with Gasteiger partial charge in [0.05, 0.1) is 17.8 Å². The molecule has 0 aliphatic carbocycles. The van der Waals surface area contributed by atoms with Crippen LogP contribution < -0.4 is 4.74 Å². The lowest BCUT2D eigenvalue weighted by Crippen LogP contribution is -1.96. The van der Waals surface area contributed by atoms with E-state index in [9.17, 15) is 4.39 Å². The second kappa shape index (κ2) is 9.09. The van der Waals surface area contributed by atoms with Crippen molar-refractivity contribution in [3.63, 3.8) is 0 Å². The molecule has 0 aliphatic heterocycles. The van der Waals surface area contributed by atoms with Gasteiger partial charge in [-0.15, -0.1) is 0 Å². The van der Waals surface area contributed by atoms with Gasteiger partial charge in [0, 0.05) is 23.7 Å². The zero-order chi connectivity index (χ0) is 20.1. The highest BCUT2D eigenvalue weighted by atomic mass is 32.2. The van der Waals surface area contributed by atoms with Gasteiger partial charge in [-0.25, -0.2) is 13.9 Å². The van der Waals surface area contributed by atoms with E-state index in [1.165, 1.54) is 17.8 Å². The summed E-state index contributed by atoms with van der Waals surface area (Å²) in [6.45, 7) is 2.88. The second-order valence-corrected chi connectivity index (χ2v) is 7.66. The molecule has 0 bridgehead atoms. The van der Waals surface area contributed by atoms with Crippen LogP contribution in [0.25, 0.3) is 16.8 Å². The summed E-state index contributed by atoms with van der Waals surface area (Å²) in [6, 6.07) is 16.8. The van der Waals surface area contributed by atoms with Gasteiger partial charge in [-0.3, -0.25) is 0 Å². The van der Waals surface area contributed by atoms with E-state index in [4.69, 9.17) is 4.74 Å². The molecule has 0 amide bonds. The lowest BCUT2D eigenvalue weighted by molar-refractivity contribution is 0.309. The van der Waals surface area contributed by atoms with Crippen LogP contribution >= 0.6 is 11.8 Å². The van der Waals surface area contributed by atoms with Crippen LogP contribution in [0, 0.1) is 5.82 Å². The first kappa shape index (κ1) is 19.5. The molecule has 0 saturated carbocycles. The van der Waals surface area contributed by atoms with Crippen LogP contribution in [0.3, 0.4) is 0 Å². The Bertz CT molecular complexity index is 1090. The van der Waals surface area contributed by atoms with Crippen LogP contribution in [0.1, 0.15) is 25.3 Å². The predicted octanol–water partition coefficient (Wildman–Crippen LogP) is 6.01. The molecule has 0 atom stereocenters. The topological polar surface area (TPSA) is 39.4 Å². The third-order valence-corrected chi connectivity index (χ3v) is 5.64. The Morgan fingerprint density at radius 3 is 2.72 bits per heavy atom. The minimum Gasteiger partial charge on any atom is -0.494 e. The monoisotopic (exact) mass is 407 g/mol. The third-order valence-electron chi connectivity index (χ3n) is 4.59. The molecule has 29 heavy (non-hydrogen) atoms. The molecule has 4 aromatic rings. The van der Waals surface area contributed by atoms with E-state index < -0.39 is 0 Å². The van der Waals surface area contributed by atoms with Gasteiger partial charge in [0.2, 0.25) is 0 Å². The lowest BCUT2D eigenvalue weighted by atomic mass is 10.1. The summed E-state index contributed by atoms with van der Waals surface area (Å²) in [7, 11) is 0. The number of benzene rings is 2. The average molecular weight is 408 g/mol. The van der Waals surface area contributed by atoms with E-state index in [0.29, 0.717) is 11.3 Å². The number of unbranched alkanes of at least 4 members (excludes halogenated alkanes) is 1. The summed E-state index contributed by atoms with van der Waals surface area (Å²) in [5, 5.41) is 5.50. The highest BCUT2D eigenvalue weighted by molar-refractivity contribution is 7.98. The fraction of sp³-hybridized carbons (Fsp3) is 0.217. The fourth-order valence-corrected chi connectivity index (χ4v) is 3.93. The molecule has 148 valence electrons. The van der Waals surface area contributed by atoms with Crippen LogP contribution in [0.2, 0.25) is 0 Å². The number of nitrogens with zero attached hydrogens (tertiary/aromatic N) is 3. The van der Waals surface area contributed by atoms with Gasteiger partial charge in [-0.2, -0.15) is 5.10 Å². The van der Waals surface area contributed by atoms with E-state index in [2.05, 4.69) is 17.0 Å². The van der Waals surface area contributed by atoms with Crippen LogP contribution in [0.4, 0.5) is 4.39 Å². The summed E-state index contributed by atoms with van der Waals surface area (Å²) < 4.78 is 21.4. The van der Waals surface area contributed by atoms with E-state index in [1.807, 2.05) is 47.1 Å². The minimum absolute atomic E-state index is 0.192. The SMILES string of the molecule is CCCCOc1ccc(-c2cc3c(SCc4ccccc4F)nccn3n2)cc1. The summed E-state index contributed by atoms with van der Waals surface area (Å²) in [4.78, 5) is 4.47. The van der Waals surface area contributed by atoms with Crippen molar-refractivity contribution < 1.29 is 9.13 Å². The summed E-state index contributed by atoms with van der Waals surface area (Å²) in [6.07, 6.45) is 5.71. The molecule has 0 unspecified atom stereocenters. The van der Waals surface area contributed by atoms with Crippen LogP contribution in [-0.2, 0) is 5.75 Å². The maximum atomic E-state index is 13.9. The predicted molar refractivity (Wildman–Crippen MR) is 115 cm³/mol. The van der Waals surface area contributed by atoms with Crippen molar-refractivity contribution in [3.8, 4) is 17.0 Å². The molecule has 4 rings (SSSR count). The van der Waals surface area contributed by atoms with Gasteiger partial charge >= 0.3 is 0 Å². The number of ether oxygens (including phenoxy) is 1. The number of rotatable bonds is 8. The highest BCUT2D eigenvalue weighted by Gasteiger charge is 2.11. The number of hydrogen-bond donors (Lipinski definition) is 0. The number of hydrogen-bond acceptors (Lipinski definition) is 4. The minimum atomic E-state index is -0.192. The zero-order valence-corrected chi connectivity index (χ0v) is 17.0.